The van der Waals surface area contributed by atoms with Crippen LogP contribution in [-0.4, -0.2) is 16.1 Å². The molecule has 0 aliphatic heterocycles. The van der Waals surface area contributed by atoms with Gasteiger partial charge in [0.15, 0.2) is 11.4 Å². The topological polar surface area (TPSA) is 85.4 Å². The Balaban J connectivity index is 2.30. The Morgan fingerprint density at radius 1 is 1.24 bits per heavy atom. The van der Waals surface area contributed by atoms with Gasteiger partial charge in [-0.3, -0.25) is 0 Å². The molecular weight excluding hydrogens is 220 g/mol. The number of pyridine rings is 1. The minimum atomic E-state index is -1.13. The zero-order valence-corrected chi connectivity index (χ0v) is 8.83. The number of nitrogens with two attached hydrogens (primary N) is 1. The molecule has 2 aromatic rings. The summed E-state index contributed by atoms with van der Waals surface area (Å²) in [5, 5.41) is 8.93. The van der Waals surface area contributed by atoms with Gasteiger partial charge in [0.2, 0.25) is 0 Å². The maximum atomic E-state index is 10.9. The molecule has 0 spiro atoms. The van der Waals surface area contributed by atoms with Crippen molar-refractivity contribution in [1.82, 2.24) is 4.98 Å². The molecule has 0 unspecified atom stereocenters. The van der Waals surface area contributed by atoms with Gasteiger partial charge in [-0.05, 0) is 36.4 Å². The van der Waals surface area contributed by atoms with Crippen LogP contribution in [0.4, 0.5) is 5.69 Å². The lowest BCUT2D eigenvalue weighted by Gasteiger charge is -2.07. The SMILES string of the molecule is Nc1ccc(Oc2cccnc2C(=O)O)cc1. The number of carboxylic acid groups (broad SMARTS) is 1. The molecular formula is C12H10N2O3. The van der Waals surface area contributed by atoms with Gasteiger partial charge in [-0.2, -0.15) is 0 Å². The first kappa shape index (κ1) is 10.9. The fourth-order valence-electron chi connectivity index (χ4n) is 1.30. The van der Waals surface area contributed by atoms with Gasteiger partial charge in [-0.25, -0.2) is 9.78 Å². The molecule has 0 saturated heterocycles. The normalized spacial score (nSPS) is 9.88. The Morgan fingerprint density at radius 2 is 1.94 bits per heavy atom. The molecule has 0 amide bonds. The highest BCUT2D eigenvalue weighted by Crippen LogP contribution is 2.24. The van der Waals surface area contributed by atoms with Crippen molar-refractivity contribution >= 4 is 11.7 Å². The van der Waals surface area contributed by atoms with Crippen molar-refractivity contribution in [1.29, 1.82) is 0 Å². The highest BCUT2D eigenvalue weighted by molar-refractivity contribution is 5.88. The summed E-state index contributed by atoms with van der Waals surface area (Å²) >= 11 is 0. The van der Waals surface area contributed by atoms with Gasteiger partial charge in [0, 0.05) is 11.9 Å². The first-order chi connectivity index (χ1) is 8.16. The van der Waals surface area contributed by atoms with E-state index in [-0.39, 0.29) is 11.4 Å². The molecule has 3 N–H and O–H groups in total. The van der Waals surface area contributed by atoms with Crippen molar-refractivity contribution in [2.75, 3.05) is 5.73 Å². The Hall–Kier alpha value is -2.56. The third-order valence-corrected chi connectivity index (χ3v) is 2.08. The van der Waals surface area contributed by atoms with Crippen molar-refractivity contribution in [2.24, 2.45) is 0 Å². The van der Waals surface area contributed by atoms with Crippen molar-refractivity contribution in [2.45, 2.75) is 0 Å². The zero-order chi connectivity index (χ0) is 12.3. The zero-order valence-electron chi connectivity index (χ0n) is 8.83. The van der Waals surface area contributed by atoms with E-state index in [1.54, 1.807) is 36.4 Å². The summed E-state index contributed by atoms with van der Waals surface area (Å²) in [6.45, 7) is 0. The van der Waals surface area contributed by atoms with Gasteiger partial charge in [-0.1, -0.05) is 0 Å². The van der Waals surface area contributed by atoms with Gasteiger partial charge in [-0.15, -0.1) is 0 Å². The number of benzene rings is 1. The summed E-state index contributed by atoms with van der Waals surface area (Å²) in [7, 11) is 0. The molecule has 1 heterocycles. The summed E-state index contributed by atoms with van der Waals surface area (Å²) < 4.78 is 5.43. The smallest absolute Gasteiger partial charge is 0.358 e. The molecule has 5 heteroatoms. The number of anilines is 1. The number of aromatic carboxylic acids is 1. The first-order valence-corrected chi connectivity index (χ1v) is 4.88. The van der Waals surface area contributed by atoms with Crippen molar-refractivity contribution in [3.8, 4) is 11.5 Å². The molecule has 1 aromatic heterocycles. The quantitative estimate of drug-likeness (QED) is 0.789. The summed E-state index contributed by atoms with van der Waals surface area (Å²) in [6.07, 6.45) is 1.40. The van der Waals surface area contributed by atoms with E-state index in [1.165, 1.54) is 6.20 Å². The van der Waals surface area contributed by atoms with E-state index in [4.69, 9.17) is 15.6 Å². The highest BCUT2D eigenvalue weighted by atomic mass is 16.5. The maximum absolute atomic E-state index is 10.9. The standard InChI is InChI=1S/C12H10N2O3/c13-8-3-5-9(6-4-8)17-10-2-1-7-14-11(10)12(15)16/h1-7H,13H2,(H,15,16). The molecule has 0 saturated carbocycles. The monoisotopic (exact) mass is 230 g/mol. The Labute approximate surface area is 97.5 Å². The number of carboxylic acids is 1. The Kier molecular flexibility index (Phi) is 2.91. The van der Waals surface area contributed by atoms with Crippen LogP contribution in [0.3, 0.4) is 0 Å². The number of nitrogen functional groups attached to an aromatic ring is 1. The van der Waals surface area contributed by atoms with Crippen LogP contribution in [0.5, 0.6) is 11.5 Å². The van der Waals surface area contributed by atoms with Crippen LogP contribution in [0.15, 0.2) is 42.6 Å². The molecule has 0 fully saturated rings. The van der Waals surface area contributed by atoms with Crippen LogP contribution in [-0.2, 0) is 0 Å². The van der Waals surface area contributed by atoms with Gasteiger partial charge in [0.05, 0.1) is 0 Å². The van der Waals surface area contributed by atoms with E-state index >= 15 is 0 Å². The molecule has 5 nitrogen and oxygen atoms in total. The van der Waals surface area contributed by atoms with Crippen LogP contribution < -0.4 is 10.5 Å². The first-order valence-electron chi connectivity index (χ1n) is 4.88. The number of hydrogen-bond acceptors (Lipinski definition) is 4. The van der Waals surface area contributed by atoms with Crippen molar-refractivity contribution < 1.29 is 14.6 Å². The molecule has 0 radical (unpaired) electrons. The third kappa shape index (κ3) is 2.52. The second kappa shape index (κ2) is 4.52. The van der Waals surface area contributed by atoms with Gasteiger partial charge >= 0.3 is 5.97 Å². The average molecular weight is 230 g/mol. The van der Waals surface area contributed by atoms with Crippen LogP contribution in [0, 0.1) is 0 Å². The minimum absolute atomic E-state index is 0.121. The summed E-state index contributed by atoms with van der Waals surface area (Å²) in [6, 6.07) is 9.83. The van der Waals surface area contributed by atoms with E-state index in [1.807, 2.05) is 0 Å². The summed E-state index contributed by atoms with van der Waals surface area (Å²) in [5.41, 5.74) is 6.03. The maximum Gasteiger partial charge on any atom is 0.358 e. The second-order valence-corrected chi connectivity index (χ2v) is 3.33. The number of ether oxygens (including phenoxy) is 1. The van der Waals surface area contributed by atoms with E-state index < -0.39 is 5.97 Å². The highest BCUT2D eigenvalue weighted by Gasteiger charge is 2.12. The molecule has 0 aliphatic carbocycles. The second-order valence-electron chi connectivity index (χ2n) is 3.33. The number of hydrogen-bond donors (Lipinski definition) is 2. The fraction of sp³-hybridized carbons (Fsp3) is 0. The number of carbonyl (C=O) groups is 1. The van der Waals surface area contributed by atoms with E-state index in [0.717, 1.165) is 0 Å². The molecule has 1 aromatic carbocycles. The molecule has 0 aliphatic rings. The average Bonchev–Trinajstić information content (AvgIpc) is 2.32. The number of rotatable bonds is 3. The van der Waals surface area contributed by atoms with Gasteiger partial charge in [0.25, 0.3) is 0 Å². The number of aromatic nitrogens is 1. The molecule has 0 bridgehead atoms. The molecule has 0 atom stereocenters. The molecule has 2 rings (SSSR count). The predicted molar refractivity (Wildman–Crippen MR) is 62.1 cm³/mol. The Bertz CT molecular complexity index is 538. The molecule has 86 valence electrons. The van der Waals surface area contributed by atoms with Crippen LogP contribution in [0.1, 0.15) is 10.5 Å². The lowest BCUT2D eigenvalue weighted by Crippen LogP contribution is -2.02. The van der Waals surface area contributed by atoms with Crippen LogP contribution in [0.25, 0.3) is 0 Å². The van der Waals surface area contributed by atoms with Gasteiger partial charge < -0.3 is 15.6 Å². The Morgan fingerprint density at radius 3 is 2.59 bits per heavy atom. The van der Waals surface area contributed by atoms with Gasteiger partial charge in [0.1, 0.15) is 5.75 Å². The molecule has 17 heavy (non-hydrogen) atoms. The third-order valence-electron chi connectivity index (χ3n) is 2.08. The van der Waals surface area contributed by atoms with E-state index in [9.17, 15) is 4.79 Å². The van der Waals surface area contributed by atoms with E-state index in [2.05, 4.69) is 4.98 Å². The summed E-state index contributed by atoms with van der Waals surface area (Å²) in [4.78, 5) is 14.6. The fourth-order valence-corrected chi connectivity index (χ4v) is 1.30. The van der Waals surface area contributed by atoms with E-state index in [0.29, 0.717) is 11.4 Å². The summed E-state index contributed by atoms with van der Waals surface area (Å²) in [5.74, 6) is -0.421. The van der Waals surface area contributed by atoms with Crippen LogP contribution in [0.2, 0.25) is 0 Å². The lowest BCUT2D eigenvalue weighted by atomic mass is 10.3. The lowest BCUT2D eigenvalue weighted by molar-refractivity contribution is 0.0687. The minimum Gasteiger partial charge on any atom is -0.476 e. The van der Waals surface area contributed by atoms with Crippen molar-refractivity contribution in [3.05, 3.63) is 48.3 Å². The number of nitrogens with zero attached hydrogens (tertiary/aromatic N) is 1. The largest absolute Gasteiger partial charge is 0.476 e. The predicted octanol–water partition coefficient (Wildman–Crippen LogP) is 2.15. The van der Waals surface area contributed by atoms with Crippen LogP contribution >= 0.6 is 0 Å². The van der Waals surface area contributed by atoms with Crippen molar-refractivity contribution in [3.63, 3.8) is 0 Å².